The maximum atomic E-state index is 13.7. The number of aliphatic hydroxyl groups excluding tert-OH is 1. The zero-order valence-electron chi connectivity index (χ0n) is 20.2. The highest BCUT2D eigenvalue weighted by atomic mass is 16.5. The van der Waals surface area contributed by atoms with Gasteiger partial charge in [-0.1, -0.05) is 48.5 Å². The van der Waals surface area contributed by atoms with Crippen molar-refractivity contribution in [2.24, 2.45) is 5.92 Å². The number of ether oxygens (including phenoxy) is 1. The molecule has 4 aromatic rings. The fraction of sp³-hybridized carbons (Fsp3) is 0.300. The molecule has 3 heterocycles. The third-order valence-corrected chi connectivity index (χ3v) is 6.91. The lowest BCUT2D eigenvalue weighted by atomic mass is 9.79. The Labute approximate surface area is 211 Å². The Hall–Kier alpha value is -3.61. The van der Waals surface area contributed by atoms with Crippen LogP contribution in [-0.2, 0) is 4.79 Å². The van der Waals surface area contributed by atoms with E-state index in [0.29, 0.717) is 12.4 Å². The lowest BCUT2D eigenvalue weighted by Crippen LogP contribution is -2.42. The van der Waals surface area contributed by atoms with Crippen molar-refractivity contribution in [3.8, 4) is 5.88 Å². The van der Waals surface area contributed by atoms with E-state index in [1.54, 1.807) is 12.4 Å². The van der Waals surface area contributed by atoms with Gasteiger partial charge < -0.3 is 14.7 Å². The molecule has 1 N–H and O–H groups in total. The second-order valence-electron chi connectivity index (χ2n) is 9.41. The number of Topliss-reactive ketones (excluding diaryl/α,β-unsaturated/α-hetero) is 1. The molecule has 1 aliphatic rings. The summed E-state index contributed by atoms with van der Waals surface area (Å²) in [5.41, 5.74) is 2.88. The first kappa shape index (κ1) is 24.1. The standard InChI is InChI=1S/C30H31N3O3/c34-26(21-36-28-11-10-22-6-4-5-9-27(22)32-28)20-33-18-14-25(15-19-33)30(35)29(23-7-2-1-3-8-23)24-12-16-31-17-13-24/h1-13,16-17,25-26,29,34H,14-15,18-21H2. The van der Waals surface area contributed by atoms with E-state index in [4.69, 9.17) is 4.74 Å². The monoisotopic (exact) mass is 481 g/mol. The molecule has 5 rings (SSSR count). The van der Waals surface area contributed by atoms with Crippen LogP contribution >= 0.6 is 0 Å². The van der Waals surface area contributed by atoms with Crippen molar-refractivity contribution in [3.05, 3.63) is 102 Å². The number of β-amino-alcohol motifs (C(OH)–C–C–N with tert-alkyl or cyclic N) is 1. The number of pyridine rings is 2. The molecule has 6 heteroatoms. The van der Waals surface area contributed by atoms with Gasteiger partial charge >= 0.3 is 0 Å². The van der Waals surface area contributed by atoms with E-state index in [-0.39, 0.29) is 24.2 Å². The Balaban J connectivity index is 1.15. The van der Waals surface area contributed by atoms with Gasteiger partial charge in [0.05, 0.1) is 11.4 Å². The van der Waals surface area contributed by atoms with Crippen molar-refractivity contribution in [1.82, 2.24) is 14.9 Å². The molecule has 36 heavy (non-hydrogen) atoms. The highest BCUT2D eigenvalue weighted by Crippen LogP contribution is 2.32. The van der Waals surface area contributed by atoms with Crippen LogP contribution in [0.1, 0.15) is 29.9 Å². The average molecular weight is 482 g/mol. The van der Waals surface area contributed by atoms with Crippen molar-refractivity contribution < 1.29 is 14.6 Å². The van der Waals surface area contributed by atoms with E-state index < -0.39 is 6.10 Å². The Morgan fingerprint density at radius 1 is 0.917 bits per heavy atom. The number of carbonyl (C=O) groups excluding carboxylic acids is 1. The van der Waals surface area contributed by atoms with Crippen molar-refractivity contribution in [2.75, 3.05) is 26.2 Å². The molecule has 0 amide bonds. The normalized spacial score (nSPS) is 16.5. The maximum Gasteiger partial charge on any atom is 0.213 e. The molecular weight excluding hydrogens is 450 g/mol. The summed E-state index contributed by atoms with van der Waals surface area (Å²) in [5.74, 6) is 0.493. The summed E-state index contributed by atoms with van der Waals surface area (Å²) < 4.78 is 5.76. The number of ketones is 1. The smallest absolute Gasteiger partial charge is 0.213 e. The number of aliphatic hydroxyl groups is 1. The lowest BCUT2D eigenvalue weighted by Gasteiger charge is -2.34. The Morgan fingerprint density at radius 2 is 1.61 bits per heavy atom. The number of hydrogen-bond acceptors (Lipinski definition) is 6. The number of rotatable bonds is 9. The molecular formula is C30H31N3O3. The summed E-state index contributed by atoms with van der Waals surface area (Å²) >= 11 is 0. The van der Waals surface area contributed by atoms with Crippen LogP contribution in [0.2, 0.25) is 0 Å². The molecule has 0 spiro atoms. The van der Waals surface area contributed by atoms with Crippen LogP contribution in [0.15, 0.2) is 91.3 Å². The van der Waals surface area contributed by atoms with Gasteiger partial charge in [0.25, 0.3) is 0 Å². The molecule has 2 atom stereocenters. The number of likely N-dealkylation sites (tertiary alicyclic amines) is 1. The Kier molecular flexibility index (Phi) is 7.64. The SMILES string of the molecule is O=C(C1CCN(CC(O)COc2ccc3ccccc3n2)CC1)C(c1ccccc1)c1ccncc1. The van der Waals surface area contributed by atoms with Gasteiger partial charge in [0.1, 0.15) is 18.5 Å². The minimum Gasteiger partial charge on any atom is -0.475 e. The molecule has 0 saturated carbocycles. The molecule has 0 radical (unpaired) electrons. The molecule has 1 fully saturated rings. The average Bonchev–Trinajstić information content (AvgIpc) is 2.93. The Morgan fingerprint density at radius 3 is 2.39 bits per heavy atom. The van der Waals surface area contributed by atoms with Crippen molar-refractivity contribution in [1.29, 1.82) is 0 Å². The predicted molar refractivity (Wildman–Crippen MR) is 140 cm³/mol. The lowest BCUT2D eigenvalue weighted by molar-refractivity contribution is -0.125. The molecule has 0 aliphatic carbocycles. The van der Waals surface area contributed by atoms with Gasteiger partial charge in [0, 0.05) is 36.3 Å². The van der Waals surface area contributed by atoms with E-state index in [0.717, 1.165) is 48.0 Å². The zero-order chi connectivity index (χ0) is 24.7. The summed E-state index contributed by atoms with van der Waals surface area (Å²) in [5, 5.41) is 11.6. The first-order valence-corrected chi connectivity index (χ1v) is 12.5. The number of hydrogen-bond donors (Lipinski definition) is 1. The van der Waals surface area contributed by atoms with Gasteiger partial charge in [-0.05, 0) is 61.3 Å². The molecule has 184 valence electrons. The van der Waals surface area contributed by atoms with Crippen LogP contribution in [0.4, 0.5) is 0 Å². The summed E-state index contributed by atoms with van der Waals surface area (Å²) in [7, 11) is 0. The number of aromatic nitrogens is 2. The fourth-order valence-corrected chi connectivity index (χ4v) is 5.02. The van der Waals surface area contributed by atoms with Crippen LogP contribution in [0.5, 0.6) is 5.88 Å². The summed E-state index contributed by atoms with van der Waals surface area (Å²) in [6, 6.07) is 25.5. The zero-order valence-corrected chi connectivity index (χ0v) is 20.2. The first-order chi connectivity index (χ1) is 17.7. The third kappa shape index (κ3) is 5.78. The van der Waals surface area contributed by atoms with Gasteiger partial charge in [-0.25, -0.2) is 4.98 Å². The Bertz CT molecular complexity index is 1230. The highest BCUT2D eigenvalue weighted by Gasteiger charge is 2.32. The topological polar surface area (TPSA) is 75.6 Å². The third-order valence-electron chi connectivity index (χ3n) is 6.91. The first-order valence-electron chi connectivity index (χ1n) is 12.5. The largest absolute Gasteiger partial charge is 0.475 e. The van der Waals surface area contributed by atoms with Crippen LogP contribution in [0.25, 0.3) is 10.9 Å². The van der Waals surface area contributed by atoms with Gasteiger partial charge in [-0.2, -0.15) is 0 Å². The van der Waals surface area contributed by atoms with Gasteiger partial charge in [0.2, 0.25) is 5.88 Å². The van der Waals surface area contributed by atoms with Crippen LogP contribution in [0.3, 0.4) is 0 Å². The van der Waals surface area contributed by atoms with Gasteiger partial charge in [0.15, 0.2) is 0 Å². The molecule has 0 bridgehead atoms. The van der Waals surface area contributed by atoms with E-state index in [2.05, 4.69) is 14.9 Å². The number of piperidine rings is 1. The minimum atomic E-state index is -0.626. The second-order valence-corrected chi connectivity index (χ2v) is 9.41. The molecule has 2 aromatic heterocycles. The molecule has 6 nitrogen and oxygen atoms in total. The maximum absolute atomic E-state index is 13.7. The van der Waals surface area contributed by atoms with Gasteiger partial charge in [-0.3, -0.25) is 9.78 Å². The fourth-order valence-electron chi connectivity index (χ4n) is 5.02. The van der Waals surface area contributed by atoms with E-state index in [1.807, 2.05) is 78.9 Å². The van der Waals surface area contributed by atoms with E-state index in [9.17, 15) is 9.90 Å². The number of nitrogens with zero attached hydrogens (tertiary/aromatic N) is 3. The predicted octanol–water partition coefficient (Wildman–Crippen LogP) is 4.48. The molecule has 2 unspecified atom stereocenters. The quantitative estimate of drug-likeness (QED) is 0.380. The van der Waals surface area contributed by atoms with Crippen LogP contribution in [-0.4, -0.2) is 58.1 Å². The highest BCUT2D eigenvalue weighted by molar-refractivity contribution is 5.91. The molecule has 1 aliphatic heterocycles. The van der Waals surface area contributed by atoms with Crippen molar-refractivity contribution >= 4 is 16.7 Å². The summed E-state index contributed by atoms with van der Waals surface area (Å²) in [6.45, 7) is 2.25. The van der Waals surface area contributed by atoms with Crippen molar-refractivity contribution in [2.45, 2.75) is 24.9 Å². The van der Waals surface area contributed by atoms with E-state index in [1.165, 1.54) is 0 Å². The summed E-state index contributed by atoms with van der Waals surface area (Å²) in [6.07, 6.45) is 4.44. The van der Waals surface area contributed by atoms with E-state index >= 15 is 0 Å². The van der Waals surface area contributed by atoms with Crippen LogP contribution in [0, 0.1) is 5.92 Å². The number of carbonyl (C=O) groups is 1. The van der Waals surface area contributed by atoms with Gasteiger partial charge in [-0.15, -0.1) is 0 Å². The number of para-hydroxylation sites is 1. The minimum absolute atomic E-state index is 0.00480. The number of fused-ring (bicyclic) bond motifs is 1. The second kappa shape index (κ2) is 11.4. The van der Waals surface area contributed by atoms with Crippen LogP contribution < -0.4 is 4.74 Å². The summed E-state index contributed by atoms with van der Waals surface area (Å²) in [4.78, 5) is 24.5. The van der Waals surface area contributed by atoms with Crippen molar-refractivity contribution in [3.63, 3.8) is 0 Å². The number of benzene rings is 2. The molecule has 2 aromatic carbocycles. The molecule has 1 saturated heterocycles.